The fourth-order valence-electron chi connectivity index (χ4n) is 2.33. The van der Waals surface area contributed by atoms with Gasteiger partial charge in [0.15, 0.2) is 6.61 Å². The van der Waals surface area contributed by atoms with Crippen LogP contribution >= 0.6 is 15.9 Å². The maximum absolute atomic E-state index is 12.2. The van der Waals surface area contributed by atoms with Crippen LogP contribution in [0.4, 0.5) is 5.69 Å². The summed E-state index contributed by atoms with van der Waals surface area (Å²) in [5, 5.41) is 5.55. The number of aryl methyl sites for hydroxylation is 1. The number of halogens is 1. The monoisotopic (exact) mass is 418 g/mol. The van der Waals surface area contributed by atoms with E-state index in [-0.39, 0.29) is 18.4 Å². The Morgan fingerprint density at radius 2 is 1.88 bits per heavy atom. The minimum absolute atomic E-state index is 0.144. The molecule has 2 rings (SSSR count). The summed E-state index contributed by atoms with van der Waals surface area (Å²) in [6, 6.07) is 12.7. The summed E-state index contributed by atoms with van der Waals surface area (Å²) in [7, 11) is 0. The summed E-state index contributed by atoms with van der Waals surface area (Å²) in [4.78, 5) is 24.4. The molecule has 0 unspecified atom stereocenters. The molecule has 0 aliphatic heterocycles. The van der Waals surface area contributed by atoms with Gasteiger partial charge in [-0.15, -0.1) is 0 Å². The van der Waals surface area contributed by atoms with Gasteiger partial charge in [0.1, 0.15) is 5.75 Å². The first kappa shape index (κ1) is 20.0. The van der Waals surface area contributed by atoms with Crippen LogP contribution in [-0.4, -0.2) is 25.0 Å². The van der Waals surface area contributed by atoms with Crippen molar-refractivity contribution in [3.63, 3.8) is 0 Å². The zero-order chi connectivity index (χ0) is 18.9. The lowest BCUT2D eigenvalue weighted by Crippen LogP contribution is -2.27. The Labute approximate surface area is 162 Å². The number of amides is 2. The Balaban J connectivity index is 1.99. The molecule has 0 heterocycles. The molecule has 2 N–H and O–H groups in total. The number of anilines is 1. The molecule has 2 amide bonds. The molecule has 0 saturated carbocycles. The SMILES string of the molecule is CCCNC(=O)c1ccccc1NC(=O)COc1ccc(CC)cc1Br. The number of rotatable bonds is 8. The lowest BCUT2D eigenvalue weighted by molar-refractivity contribution is -0.118. The maximum atomic E-state index is 12.2. The zero-order valence-corrected chi connectivity index (χ0v) is 16.6. The molecule has 2 aromatic carbocycles. The van der Waals surface area contributed by atoms with Crippen LogP contribution in [-0.2, 0) is 11.2 Å². The van der Waals surface area contributed by atoms with E-state index >= 15 is 0 Å². The molecular formula is C20H23BrN2O3. The molecule has 2 aromatic rings. The van der Waals surface area contributed by atoms with Crippen molar-refractivity contribution in [2.24, 2.45) is 0 Å². The Morgan fingerprint density at radius 3 is 2.58 bits per heavy atom. The average Bonchev–Trinajstić information content (AvgIpc) is 2.65. The van der Waals surface area contributed by atoms with Crippen LogP contribution in [0.5, 0.6) is 5.75 Å². The van der Waals surface area contributed by atoms with Crippen molar-refractivity contribution in [2.75, 3.05) is 18.5 Å². The summed E-state index contributed by atoms with van der Waals surface area (Å²) < 4.78 is 6.39. The highest BCUT2D eigenvalue weighted by atomic mass is 79.9. The molecule has 0 aliphatic rings. The van der Waals surface area contributed by atoms with E-state index in [9.17, 15) is 9.59 Å². The topological polar surface area (TPSA) is 67.4 Å². The molecule has 0 radical (unpaired) electrons. The number of nitrogens with one attached hydrogen (secondary N) is 2. The second-order valence-electron chi connectivity index (χ2n) is 5.76. The normalized spacial score (nSPS) is 10.3. The summed E-state index contributed by atoms with van der Waals surface area (Å²) >= 11 is 3.45. The minimum atomic E-state index is -0.327. The van der Waals surface area contributed by atoms with Crippen LogP contribution < -0.4 is 15.4 Å². The third-order valence-corrected chi connectivity index (χ3v) is 4.36. The molecule has 138 valence electrons. The van der Waals surface area contributed by atoms with E-state index in [4.69, 9.17) is 4.74 Å². The van der Waals surface area contributed by atoms with Crippen molar-refractivity contribution in [1.82, 2.24) is 5.32 Å². The van der Waals surface area contributed by atoms with Crippen molar-refractivity contribution in [3.8, 4) is 5.75 Å². The molecule has 0 bridgehead atoms. The highest BCUT2D eigenvalue weighted by molar-refractivity contribution is 9.10. The third-order valence-electron chi connectivity index (χ3n) is 3.74. The van der Waals surface area contributed by atoms with Crippen LogP contribution in [0.2, 0.25) is 0 Å². The second-order valence-corrected chi connectivity index (χ2v) is 6.61. The maximum Gasteiger partial charge on any atom is 0.262 e. The highest BCUT2D eigenvalue weighted by Gasteiger charge is 2.13. The van der Waals surface area contributed by atoms with Crippen molar-refractivity contribution in [3.05, 3.63) is 58.1 Å². The number of benzene rings is 2. The minimum Gasteiger partial charge on any atom is -0.483 e. The van der Waals surface area contributed by atoms with E-state index in [0.29, 0.717) is 23.5 Å². The van der Waals surface area contributed by atoms with Gasteiger partial charge < -0.3 is 15.4 Å². The number of hydrogen-bond donors (Lipinski definition) is 2. The predicted molar refractivity (Wildman–Crippen MR) is 107 cm³/mol. The smallest absolute Gasteiger partial charge is 0.262 e. The van der Waals surface area contributed by atoms with Crippen LogP contribution in [0.3, 0.4) is 0 Å². The molecule has 6 heteroatoms. The van der Waals surface area contributed by atoms with E-state index in [1.807, 2.05) is 25.1 Å². The van der Waals surface area contributed by atoms with E-state index in [0.717, 1.165) is 17.3 Å². The largest absolute Gasteiger partial charge is 0.483 e. The first-order valence-corrected chi connectivity index (χ1v) is 9.42. The summed E-state index contributed by atoms with van der Waals surface area (Å²) in [5.41, 5.74) is 2.08. The van der Waals surface area contributed by atoms with Crippen molar-refractivity contribution >= 4 is 33.4 Å². The highest BCUT2D eigenvalue weighted by Crippen LogP contribution is 2.26. The second kappa shape index (κ2) is 9.97. The fourth-order valence-corrected chi connectivity index (χ4v) is 2.88. The number of para-hydroxylation sites is 1. The van der Waals surface area contributed by atoms with Crippen LogP contribution in [0.25, 0.3) is 0 Å². The van der Waals surface area contributed by atoms with E-state index in [2.05, 4.69) is 33.5 Å². The zero-order valence-electron chi connectivity index (χ0n) is 15.0. The standard InChI is InChI=1S/C20H23BrN2O3/c1-3-11-22-20(25)15-7-5-6-8-17(15)23-19(24)13-26-18-10-9-14(4-2)12-16(18)21/h5-10,12H,3-4,11,13H2,1-2H3,(H,22,25)(H,23,24). The lowest BCUT2D eigenvalue weighted by Gasteiger charge is -2.12. The van der Waals surface area contributed by atoms with Gasteiger partial charge in [-0.3, -0.25) is 9.59 Å². The Hall–Kier alpha value is -2.34. The fraction of sp³-hybridized carbons (Fsp3) is 0.300. The predicted octanol–water partition coefficient (Wildman–Crippen LogP) is 4.17. The van der Waals surface area contributed by atoms with Gasteiger partial charge in [0, 0.05) is 6.54 Å². The van der Waals surface area contributed by atoms with Crippen LogP contribution in [0.1, 0.15) is 36.2 Å². The Kier molecular flexibility index (Phi) is 7.66. The van der Waals surface area contributed by atoms with Gasteiger partial charge in [0.2, 0.25) is 0 Å². The molecule has 5 nitrogen and oxygen atoms in total. The van der Waals surface area contributed by atoms with Gasteiger partial charge >= 0.3 is 0 Å². The third kappa shape index (κ3) is 5.59. The van der Waals surface area contributed by atoms with Gasteiger partial charge in [-0.05, 0) is 58.6 Å². The Morgan fingerprint density at radius 1 is 1.12 bits per heavy atom. The van der Waals surface area contributed by atoms with E-state index in [1.165, 1.54) is 5.56 Å². The molecule has 26 heavy (non-hydrogen) atoms. The van der Waals surface area contributed by atoms with E-state index < -0.39 is 0 Å². The van der Waals surface area contributed by atoms with Gasteiger partial charge in [0.25, 0.3) is 11.8 Å². The lowest BCUT2D eigenvalue weighted by atomic mass is 10.1. The van der Waals surface area contributed by atoms with Gasteiger partial charge in [-0.1, -0.05) is 32.0 Å². The van der Waals surface area contributed by atoms with Gasteiger partial charge in [-0.2, -0.15) is 0 Å². The van der Waals surface area contributed by atoms with Crippen LogP contribution in [0.15, 0.2) is 46.9 Å². The number of carbonyl (C=O) groups excluding carboxylic acids is 2. The molecule has 0 aliphatic carbocycles. The Bertz CT molecular complexity index is 777. The molecule has 0 saturated heterocycles. The van der Waals surface area contributed by atoms with Crippen LogP contribution in [0, 0.1) is 0 Å². The molecular weight excluding hydrogens is 396 g/mol. The summed E-state index contributed by atoms with van der Waals surface area (Å²) in [5.74, 6) is 0.0695. The van der Waals surface area contributed by atoms with Gasteiger partial charge in [-0.25, -0.2) is 0 Å². The quantitative estimate of drug-likeness (QED) is 0.675. The summed E-state index contributed by atoms with van der Waals surface area (Å²) in [6.45, 7) is 4.50. The number of carbonyl (C=O) groups is 2. The first-order valence-electron chi connectivity index (χ1n) is 8.63. The molecule has 0 atom stereocenters. The van der Waals surface area contributed by atoms with Crippen molar-refractivity contribution in [2.45, 2.75) is 26.7 Å². The first-order chi connectivity index (χ1) is 12.5. The van der Waals surface area contributed by atoms with E-state index in [1.54, 1.807) is 24.3 Å². The summed E-state index contributed by atoms with van der Waals surface area (Å²) in [6.07, 6.45) is 1.77. The van der Waals surface area contributed by atoms with Crippen molar-refractivity contribution in [1.29, 1.82) is 0 Å². The number of ether oxygens (including phenoxy) is 1. The molecule has 0 aromatic heterocycles. The average molecular weight is 419 g/mol. The number of hydrogen-bond acceptors (Lipinski definition) is 3. The van der Waals surface area contributed by atoms with Crippen molar-refractivity contribution < 1.29 is 14.3 Å². The molecule has 0 spiro atoms. The van der Waals surface area contributed by atoms with Gasteiger partial charge in [0.05, 0.1) is 15.7 Å². The molecule has 0 fully saturated rings.